The van der Waals surface area contributed by atoms with Gasteiger partial charge < -0.3 is 4.74 Å². The Kier molecular flexibility index (Phi) is 4.48. The van der Waals surface area contributed by atoms with E-state index in [2.05, 4.69) is 34.1 Å². The van der Waals surface area contributed by atoms with E-state index in [-0.39, 0.29) is 0 Å². The topological polar surface area (TPSA) is 43.2 Å². The molecule has 2 aromatic heterocycles. The average Bonchev–Trinajstić information content (AvgIpc) is 3.35. The van der Waals surface area contributed by atoms with E-state index in [1.807, 2.05) is 29.0 Å². The molecule has 0 saturated carbocycles. The van der Waals surface area contributed by atoms with Crippen LogP contribution in [0.5, 0.6) is 5.75 Å². The van der Waals surface area contributed by atoms with Gasteiger partial charge in [-0.15, -0.1) is 0 Å². The second-order valence-corrected chi connectivity index (χ2v) is 6.37. The number of likely N-dealkylation sites (tertiary alicyclic amines) is 1. The fourth-order valence-electron chi connectivity index (χ4n) is 3.48. The molecule has 5 nitrogen and oxygen atoms in total. The van der Waals surface area contributed by atoms with Crippen LogP contribution in [-0.2, 0) is 6.54 Å². The molecule has 0 unspecified atom stereocenters. The minimum atomic E-state index is 0.366. The lowest BCUT2D eigenvalue weighted by Gasteiger charge is -2.24. The van der Waals surface area contributed by atoms with E-state index >= 15 is 0 Å². The van der Waals surface area contributed by atoms with Gasteiger partial charge in [0.25, 0.3) is 0 Å². The minimum absolute atomic E-state index is 0.366. The van der Waals surface area contributed by atoms with Crippen LogP contribution in [-0.4, -0.2) is 33.1 Å². The molecule has 1 aliphatic rings. The molecule has 0 amide bonds. The molecule has 1 atom stereocenters. The zero-order valence-corrected chi connectivity index (χ0v) is 14.4. The van der Waals surface area contributed by atoms with Crippen molar-refractivity contribution in [2.24, 2.45) is 0 Å². The van der Waals surface area contributed by atoms with Crippen LogP contribution in [0, 0.1) is 0 Å². The van der Waals surface area contributed by atoms with E-state index in [4.69, 9.17) is 9.72 Å². The summed E-state index contributed by atoms with van der Waals surface area (Å²) in [5, 5.41) is 0. The van der Waals surface area contributed by atoms with Crippen LogP contribution >= 0.6 is 0 Å². The van der Waals surface area contributed by atoms with Gasteiger partial charge in [0.2, 0.25) is 0 Å². The highest BCUT2D eigenvalue weighted by atomic mass is 16.5. The maximum atomic E-state index is 5.25. The Morgan fingerprint density at radius 3 is 2.80 bits per heavy atom. The fourth-order valence-corrected chi connectivity index (χ4v) is 3.48. The number of hydrogen-bond donors (Lipinski definition) is 0. The van der Waals surface area contributed by atoms with E-state index < -0.39 is 0 Å². The number of hydrogen-bond acceptors (Lipinski definition) is 4. The molecule has 0 N–H and O–H groups in total. The highest BCUT2D eigenvalue weighted by Crippen LogP contribution is 2.32. The third kappa shape index (κ3) is 3.42. The zero-order valence-electron chi connectivity index (χ0n) is 14.4. The summed E-state index contributed by atoms with van der Waals surface area (Å²) < 4.78 is 7.20. The molecule has 128 valence electrons. The van der Waals surface area contributed by atoms with Crippen molar-refractivity contribution in [1.82, 2.24) is 19.4 Å². The lowest BCUT2D eigenvalue weighted by Crippen LogP contribution is -2.23. The van der Waals surface area contributed by atoms with Crippen LogP contribution in [0.3, 0.4) is 0 Å². The molecule has 3 aromatic rings. The van der Waals surface area contributed by atoms with Crippen molar-refractivity contribution < 1.29 is 4.74 Å². The molecule has 3 heterocycles. The Bertz CT molecular complexity index is 814. The fraction of sp³-hybridized carbons (Fsp3) is 0.300. The van der Waals surface area contributed by atoms with E-state index in [1.165, 1.54) is 12.0 Å². The number of benzene rings is 1. The van der Waals surface area contributed by atoms with E-state index in [0.717, 1.165) is 36.8 Å². The predicted octanol–water partition coefficient (Wildman–Crippen LogP) is 3.61. The number of methoxy groups -OCH3 is 1. The molecule has 0 spiro atoms. The van der Waals surface area contributed by atoms with Crippen LogP contribution in [0.25, 0.3) is 5.82 Å². The summed E-state index contributed by atoms with van der Waals surface area (Å²) in [7, 11) is 1.70. The largest absolute Gasteiger partial charge is 0.497 e. The number of nitrogens with zero attached hydrogens (tertiary/aromatic N) is 4. The lowest BCUT2D eigenvalue weighted by atomic mass is 10.1. The van der Waals surface area contributed by atoms with Gasteiger partial charge in [-0.3, -0.25) is 9.47 Å². The van der Waals surface area contributed by atoms with Crippen LogP contribution in [0.15, 0.2) is 61.2 Å². The van der Waals surface area contributed by atoms with Gasteiger partial charge in [-0.1, -0.05) is 18.2 Å². The molecule has 5 heteroatoms. The summed E-state index contributed by atoms with van der Waals surface area (Å²) in [5.41, 5.74) is 2.44. The van der Waals surface area contributed by atoms with Crippen molar-refractivity contribution in [1.29, 1.82) is 0 Å². The van der Waals surface area contributed by atoms with Gasteiger partial charge in [0, 0.05) is 18.9 Å². The molecular weight excluding hydrogens is 312 g/mol. The van der Waals surface area contributed by atoms with Crippen LogP contribution in [0.4, 0.5) is 0 Å². The molecule has 1 aromatic carbocycles. The summed E-state index contributed by atoms with van der Waals surface area (Å²) in [5.74, 6) is 1.82. The first-order chi connectivity index (χ1) is 12.3. The van der Waals surface area contributed by atoms with Crippen molar-refractivity contribution in [3.63, 3.8) is 0 Å². The Hall–Kier alpha value is -2.66. The van der Waals surface area contributed by atoms with Crippen LogP contribution in [0.2, 0.25) is 0 Å². The second-order valence-electron chi connectivity index (χ2n) is 6.37. The van der Waals surface area contributed by atoms with E-state index in [9.17, 15) is 0 Å². The third-order valence-corrected chi connectivity index (χ3v) is 4.77. The summed E-state index contributed by atoms with van der Waals surface area (Å²) in [4.78, 5) is 11.5. The van der Waals surface area contributed by atoms with E-state index in [0.29, 0.717) is 6.04 Å². The first-order valence-corrected chi connectivity index (χ1v) is 8.66. The molecule has 0 bridgehead atoms. The van der Waals surface area contributed by atoms with Gasteiger partial charge in [0.05, 0.1) is 18.8 Å². The monoisotopic (exact) mass is 334 g/mol. The molecule has 1 fully saturated rings. The smallest absolute Gasteiger partial charge is 0.138 e. The van der Waals surface area contributed by atoms with Crippen molar-refractivity contribution in [2.75, 3.05) is 13.7 Å². The van der Waals surface area contributed by atoms with E-state index in [1.54, 1.807) is 19.6 Å². The molecular formula is C20H22N4O. The Morgan fingerprint density at radius 1 is 1.16 bits per heavy atom. The van der Waals surface area contributed by atoms with Gasteiger partial charge in [-0.05, 0) is 49.2 Å². The normalized spacial score (nSPS) is 17.7. The highest BCUT2D eigenvalue weighted by Gasteiger charge is 2.27. The zero-order chi connectivity index (χ0) is 17.1. The highest BCUT2D eigenvalue weighted by molar-refractivity contribution is 5.28. The predicted molar refractivity (Wildman–Crippen MR) is 96.7 cm³/mol. The van der Waals surface area contributed by atoms with Crippen LogP contribution in [0.1, 0.15) is 30.1 Å². The Morgan fingerprint density at radius 2 is 2.04 bits per heavy atom. The number of pyridine rings is 1. The molecule has 0 radical (unpaired) electrons. The minimum Gasteiger partial charge on any atom is -0.497 e. The van der Waals surface area contributed by atoms with Crippen LogP contribution < -0.4 is 4.74 Å². The molecule has 1 saturated heterocycles. The van der Waals surface area contributed by atoms with Crippen molar-refractivity contribution in [2.45, 2.75) is 25.4 Å². The molecule has 0 aliphatic carbocycles. The Balaban J connectivity index is 1.54. The quantitative estimate of drug-likeness (QED) is 0.715. The Labute approximate surface area is 147 Å². The molecule has 1 aliphatic heterocycles. The number of rotatable bonds is 5. The lowest BCUT2D eigenvalue weighted by molar-refractivity contribution is 0.244. The summed E-state index contributed by atoms with van der Waals surface area (Å²) in [6, 6.07) is 14.9. The van der Waals surface area contributed by atoms with Gasteiger partial charge in [0.15, 0.2) is 0 Å². The number of aromatic nitrogens is 3. The maximum absolute atomic E-state index is 5.25. The SMILES string of the molecule is COc1ccc(CN2CCC[C@H]2c2cccc(-n3ccnc3)n2)cc1. The van der Waals surface area contributed by atoms with Gasteiger partial charge in [0.1, 0.15) is 17.9 Å². The van der Waals surface area contributed by atoms with Crippen molar-refractivity contribution >= 4 is 0 Å². The van der Waals surface area contributed by atoms with Crippen molar-refractivity contribution in [3.05, 3.63) is 72.4 Å². The average molecular weight is 334 g/mol. The van der Waals surface area contributed by atoms with Gasteiger partial charge in [-0.25, -0.2) is 9.97 Å². The first kappa shape index (κ1) is 15.8. The number of ether oxygens (including phenoxy) is 1. The maximum Gasteiger partial charge on any atom is 0.138 e. The standard InChI is InChI=1S/C20H22N4O/c1-25-17-9-7-16(8-10-17)14-23-12-3-5-19(23)18-4-2-6-20(22-18)24-13-11-21-15-24/h2,4,6-11,13,15,19H,3,5,12,14H2,1H3/t19-/m0/s1. The van der Waals surface area contributed by atoms with Gasteiger partial charge >= 0.3 is 0 Å². The third-order valence-electron chi connectivity index (χ3n) is 4.77. The summed E-state index contributed by atoms with van der Waals surface area (Å²) >= 11 is 0. The van der Waals surface area contributed by atoms with Gasteiger partial charge in [-0.2, -0.15) is 0 Å². The first-order valence-electron chi connectivity index (χ1n) is 8.66. The molecule has 4 rings (SSSR count). The summed E-state index contributed by atoms with van der Waals surface area (Å²) in [6.45, 7) is 2.04. The van der Waals surface area contributed by atoms with Crippen molar-refractivity contribution in [3.8, 4) is 11.6 Å². The number of imidazole rings is 1. The summed E-state index contributed by atoms with van der Waals surface area (Å²) in [6.07, 6.45) is 7.85. The second kappa shape index (κ2) is 7.07. The molecule has 25 heavy (non-hydrogen) atoms.